The molecule has 6 nitrogen and oxygen atoms in total. The van der Waals surface area contributed by atoms with E-state index in [1.165, 1.54) is 0 Å². The molecule has 0 fully saturated rings. The third kappa shape index (κ3) is 4.31. The molecule has 0 aliphatic heterocycles. The zero-order valence-electron chi connectivity index (χ0n) is 12.2. The summed E-state index contributed by atoms with van der Waals surface area (Å²) in [5, 5.41) is 5.65. The van der Waals surface area contributed by atoms with Gasteiger partial charge in [-0.2, -0.15) is 0 Å². The number of nitrogens with one attached hydrogen (secondary N) is 2. The predicted octanol–water partition coefficient (Wildman–Crippen LogP) is 4.19. The molecule has 116 valence electrons. The van der Waals surface area contributed by atoms with Crippen molar-refractivity contribution in [2.75, 3.05) is 10.2 Å². The molecule has 0 aliphatic rings. The Morgan fingerprint density at radius 2 is 1.26 bits per heavy atom. The molecule has 1 aromatic carbocycles. The van der Waals surface area contributed by atoms with Crippen LogP contribution in [0.3, 0.4) is 0 Å². The Morgan fingerprint density at radius 1 is 0.739 bits per heavy atom. The van der Waals surface area contributed by atoms with Gasteiger partial charge in [0.25, 0.3) is 0 Å². The summed E-state index contributed by atoms with van der Waals surface area (Å²) in [5.41, 5.74) is 0. The highest BCUT2D eigenvalue weighted by Gasteiger charge is 2.26. The molecule has 0 unspecified atom stereocenters. The summed E-state index contributed by atoms with van der Waals surface area (Å²) in [6.45, 7) is 0. The van der Waals surface area contributed by atoms with E-state index >= 15 is 0 Å². The molecule has 7 heteroatoms. The maximum absolute atomic E-state index is 13.2. The summed E-state index contributed by atoms with van der Waals surface area (Å²) >= 11 is 0. The Bertz CT molecular complexity index is 677. The summed E-state index contributed by atoms with van der Waals surface area (Å²) < 4.78 is 18.9. The summed E-state index contributed by atoms with van der Waals surface area (Å²) in [5.74, 6) is 1.35. The second-order valence-electron chi connectivity index (χ2n) is 4.61. The topological polar surface area (TPSA) is 76.1 Å². The van der Waals surface area contributed by atoms with Crippen LogP contribution in [0, 0.1) is 0 Å². The molecule has 0 aliphatic carbocycles. The van der Waals surface area contributed by atoms with Gasteiger partial charge in [-0.1, -0.05) is 30.3 Å². The van der Waals surface area contributed by atoms with E-state index in [0.29, 0.717) is 17.4 Å². The van der Waals surface area contributed by atoms with Gasteiger partial charge in [0.1, 0.15) is 17.4 Å². The van der Waals surface area contributed by atoms with Gasteiger partial charge < -0.3 is 4.52 Å². The molecule has 0 saturated carbocycles. The maximum atomic E-state index is 13.2. The average Bonchev–Trinajstić information content (AvgIpc) is 2.57. The van der Waals surface area contributed by atoms with Crippen LogP contribution in [0.4, 0.5) is 11.6 Å². The van der Waals surface area contributed by atoms with E-state index in [9.17, 15) is 4.57 Å². The van der Waals surface area contributed by atoms with Crippen LogP contribution in [0.1, 0.15) is 0 Å². The van der Waals surface area contributed by atoms with E-state index in [-0.39, 0.29) is 0 Å². The zero-order valence-corrected chi connectivity index (χ0v) is 13.1. The van der Waals surface area contributed by atoms with Crippen molar-refractivity contribution < 1.29 is 9.09 Å². The van der Waals surface area contributed by atoms with Crippen molar-refractivity contribution >= 4 is 19.3 Å². The Labute approximate surface area is 134 Å². The molecule has 0 saturated heterocycles. The SMILES string of the molecule is O=P(Nc1ccccn1)(Nc1ccccn1)Oc1ccccc1. The lowest BCUT2D eigenvalue weighted by Gasteiger charge is -2.21. The van der Waals surface area contributed by atoms with E-state index in [1.807, 2.05) is 6.07 Å². The second kappa shape index (κ2) is 6.94. The van der Waals surface area contributed by atoms with Crippen LogP contribution in [0.25, 0.3) is 0 Å². The number of pyridine rings is 2. The van der Waals surface area contributed by atoms with Gasteiger partial charge >= 0.3 is 7.67 Å². The van der Waals surface area contributed by atoms with Gasteiger partial charge in [0, 0.05) is 12.4 Å². The summed E-state index contributed by atoms with van der Waals surface area (Å²) in [6, 6.07) is 19.5. The molecular formula is C16H15N4O2P. The lowest BCUT2D eigenvalue weighted by Crippen LogP contribution is -2.13. The fourth-order valence-corrected chi connectivity index (χ4v) is 3.30. The first-order chi connectivity index (χ1) is 11.2. The Balaban J connectivity index is 1.87. The van der Waals surface area contributed by atoms with E-state index in [0.717, 1.165) is 0 Å². The fourth-order valence-electron chi connectivity index (χ4n) is 1.86. The molecular weight excluding hydrogens is 311 g/mol. The smallest absolute Gasteiger partial charge is 0.414 e. The number of nitrogens with zero attached hydrogens (tertiary/aromatic N) is 2. The highest BCUT2D eigenvalue weighted by molar-refractivity contribution is 7.62. The molecule has 2 heterocycles. The molecule has 0 bridgehead atoms. The van der Waals surface area contributed by atoms with Crippen LogP contribution in [0.2, 0.25) is 0 Å². The first-order valence-electron chi connectivity index (χ1n) is 6.97. The molecule has 2 aromatic heterocycles. The van der Waals surface area contributed by atoms with Crippen LogP contribution in [0.15, 0.2) is 79.1 Å². The summed E-state index contributed by atoms with van der Waals surface area (Å²) in [7, 11) is -3.51. The van der Waals surface area contributed by atoms with Crippen LogP contribution in [-0.4, -0.2) is 9.97 Å². The van der Waals surface area contributed by atoms with E-state index in [2.05, 4.69) is 20.1 Å². The first kappa shape index (κ1) is 15.1. The average molecular weight is 326 g/mol. The van der Waals surface area contributed by atoms with Gasteiger partial charge in [-0.25, -0.2) is 14.5 Å². The lowest BCUT2D eigenvalue weighted by atomic mass is 10.3. The number of para-hydroxylation sites is 1. The summed E-state index contributed by atoms with van der Waals surface area (Å²) in [4.78, 5) is 8.25. The molecule has 0 spiro atoms. The van der Waals surface area contributed by atoms with Gasteiger partial charge in [0.2, 0.25) is 0 Å². The van der Waals surface area contributed by atoms with Gasteiger partial charge in [0.15, 0.2) is 0 Å². The summed E-state index contributed by atoms with van der Waals surface area (Å²) in [6.07, 6.45) is 3.21. The van der Waals surface area contributed by atoms with Crippen molar-refractivity contribution in [2.24, 2.45) is 0 Å². The lowest BCUT2D eigenvalue weighted by molar-refractivity contribution is 0.492. The number of aromatic nitrogens is 2. The standard InChI is InChI=1S/C16H15N4O2P/c21-23(19-15-10-4-6-12-17-15,20-16-11-5-7-13-18-16)22-14-8-2-1-3-9-14/h1-13H,(H2,17,18,19,20,21). The Morgan fingerprint density at radius 3 is 1.74 bits per heavy atom. The van der Waals surface area contributed by atoms with Gasteiger partial charge in [-0.15, -0.1) is 0 Å². The minimum atomic E-state index is -3.51. The van der Waals surface area contributed by atoms with Crippen molar-refractivity contribution in [2.45, 2.75) is 0 Å². The van der Waals surface area contributed by atoms with Crippen molar-refractivity contribution in [1.29, 1.82) is 0 Å². The monoisotopic (exact) mass is 326 g/mol. The molecule has 2 N–H and O–H groups in total. The van der Waals surface area contributed by atoms with Crippen LogP contribution in [0.5, 0.6) is 5.75 Å². The molecule has 3 aromatic rings. The Kier molecular flexibility index (Phi) is 4.54. The number of hydrogen-bond acceptors (Lipinski definition) is 4. The van der Waals surface area contributed by atoms with E-state index < -0.39 is 7.67 Å². The molecule has 0 radical (unpaired) electrons. The number of benzene rings is 1. The minimum Gasteiger partial charge on any atom is -0.414 e. The largest absolute Gasteiger partial charge is 0.446 e. The molecule has 23 heavy (non-hydrogen) atoms. The van der Waals surface area contributed by atoms with Crippen molar-refractivity contribution in [3.8, 4) is 5.75 Å². The predicted molar refractivity (Wildman–Crippen MR) is 90.4 cm³/mol. The van der Waals surface area contributed by atoms with Gasteiger partial charge in [-0.3, -0.25) is 10.2 Å². The second-order valence-corrected chi connectivity index (χ2v) is 6.34. The Hall–Kier alpha value is -2.85. The minimum absolute atomic E-state index is 0.440. The normalized spacial score (nSPS) is 10.8. The fraction of sp³-hybridized carbons (Fsp3) is 0. The highest BCUT2D eigenvalue weighted by Crippen LogP contribution is 2.46. The third-order valence-electron chi connectivity index (χ3n) is 2.83. The number of hydrogen-bond donors (Lipinski definition) is 2. The van der Waals surface area contributed by atoms with Crippen LogP contribution < -0.4 is 14.7 Å². The van der Waals surface area contributed by atoms with Crippen molar-refractivity contribution in [1.82, 2.24) is 9.97 Å². The van der Waals surface area contributed by atoms with Crippen molar-refractivity contribution in [3.63, 3.8) is 0 Å². The van der Waals surface area contributed by atoms with Crippen LogP contribution >= 0.6 is 7.67 Å². The van der Waals surface area contributed by atoms with Gasteiger partial charge in [0.05, 0.1) is 0 Å². The van der Waals surface area contributed by atoms with E-state index in [4.69, 9.17) is 4.52 Å². The number of anilines is 2. The quantitative estimate of drug-likeness (QED) is 0.662. The van der Waals surface area contributed by atoms with Crippen LogP contribution in [-0.2, 0) is 4.57 Å². The first-order valence-corrected chi connectivity index (χ1v) is 8.59. The molecule has 0 atom stereocenters. The molecule has 3 rings (SSSR count). The highest BCUT2D eigenvalue weighted by atomic mass is 31.2. The third-order valence-corrected chi connectivity index (χ3v) is 4.35. The maximum Gasteiger partial charge on any atom is 0.446 e. The molecule has 0 amide bonds. The number of rotatable bonds is 6. The van der Waals surface area contributed by atoms with Crippen molar-refractivity contribution in [3.05, 3.63) is 79.1 Å². The zero-order chi connectivity index (χ0) is 16.0. The van der Waals surface area contributed by atoms with E-state index in [1.54, 1.807) is 73.1 Å². The van der Waals surface area contributed by atoms with Gasteiger partial charge in [-0.05, 0) is 36.4 Å².